The average Bonchev–Trinajstić information content (AvgIpc) is 3.13. The molecule has 2 aliphatic rings. The van der Waals surface area contributed by atoms with Crippen LogP contribution in [-0.2, 0) is 9.47 Å². The molecule has 2 aliphatic carbocycles. The number of aromatic nitrogens is 1. The SMILES string of the molecule is COC1(OC)[C@@]2(Cl)C[C@@H](C(=O)n3c(=O)oc4ccccc43)[C@]1(Cl)C(Cl)=C2Cl. The lowest BCUT2D eigenvalue weighted by Gasteiger charge is -2.40. The third-order valence-electron chi connectivity index (χ3n) is 5.41. The van der Waals surface area contributed by atoms with Gasteiger partial charge < -0.3 is 13.9 Å². The first-order valence-corrected chi connectivity index (χ1v) is 9.40. The number of fused-ring (bicyclic) bond motifs is 3. The van der Waals surface area contributed by atoms with Crippen molar-refractivity contribution in [1.29, 1.82) is 0 Å². The minimum Gasteiger partial charge on any atom is -0.407 e. The summed E-state index contributed by atoms with van der Waals surface area (Å²) in [5.74, 6) is -4.21. The summed E-state index contributed by atoms with van der Waals surface area (Å²) in [6.45, 7) is 0. The van der Waals surface area contributed by atoms with E-state index in [4.69, 9.17) is 60.3 Å². The first-order valence-electron chi connectivity index (χ1n) is 7.88. The van der Waals surface area contributed by atoms with Crippen molar-refractivity contribution >= 4 is 63.4 Å². The Balaban J connectivity index is 1.93. The van der Waals surface area contributed by atoms with E-state index in [1.165, 1.54) is 14.2 Å². The van der Waals surface area contributed by atoms with Crippen molar-refractivity contribution in [2.24, 2.45) is 5.92 Å². The zero-order valence-corrected chi connectivity index (χ0v) is 17.1. The molecule has 0 radical (unpaired) electrons. The number of oxazole rings is 1. The molecule has 6 nitrogen and oxygen atoms in total. The number of carbonyl (C=O) groups is 1. The summed E-state index contributed by atoms with van der Waals surface area (Å²) >= 11 is 26.3. The predicted octanol–water partition coefficient (Wildman–Crippen LogP) is 3.90. The maximum atomic E-state index is 13.4. The lowest BCUT2D eigenvalue weighted by Crippen LogP contribution is -2.58. The van der Waals surface area contributed by atoms with Gasteiger partial charge in [0.1, 0.15) is 9.75 Å². The molecule has 3 atom stereocenters. The molecule has 1 heterocycles. The zero-order chi connectivity index (χ0) is 19.8. The van der Waals surface area contributed by atoms with Crippen LogP contribution in [0.5, 0.6) is 0 Å². The number of methoxy groups -OCH3 is 2. The fourth-order valence-electron chi connectivity index (χ4n) is 4.23. The molecule has 27 heavy (non-hydrogen) atoms. The van der Waals surface area contributed by atoms with Gasteiger partial charge in [0.05, 0.1) is 21.5 Å². The molecule has 1 aromatic heterocycles. The van der Waals surface area contributed by atoms with Crippen LogP contribution >= 0.6 is 46.4 Å². The van der Waals surface area contributed by atoms with Gasteiger partial charge in [-0.05, 0) is 18.6 Å². The lowest BCUT2D eigenvalue weighted by atomic mass is 9.90. The normalized spacial score (nSPS) is 31.9. The van der Waals surface area contributed by atoms with Crippen LogP contribution in [0.3, 0.4) is 0 Å². The summed E-state index contributed by atoms with van der Waals surface area (Å²) in [6, 6.07) is 6.54. The highest BCUT2D eigenvalue weighted by Crippen LogP contribution is 2.71. The van der Waals surface area contributed by atoms with Crippen LogP contribution in [0.4, 0.5) is 0 Å². The fraction of sp³-hybridized carbons (Fsp3) is 0.412. The minimum absolute atomic E-state index is 0.0421. The molecule has 0 N–H and O–H groups in total. The molecular weight excluding hydrogens is 440 g/mol. The zero-order valence-electron chi connectivity index (χ0n) is 14.1. The Bertz CT molecular complexity index is 1060. The second kappa shape index (κ2) is 5.99. The Hall–Kier alpha value is -1.02. The predicted molar refractivity (Wildman–Crippen MR) is 102 cm³/mol. The van der Waals surface area contributed by atoms with Crippen molar-refractivity contribution in [3.63, 3.8) is 0 Å². The lowest BCUT2D eigenvalue weighted by molar-refractivity contribution is -0.218. The van der Waals surface area contributed by atoms with Crippen LogP contribution in [0.1, 0.15) is 11.2 Å². The number of carbonyl (C=O) groups excluding carboxylic acids is 1. The van der Waals surface area contributed by atoms with Crippen LogP contribution in [0.2, 0.25) is 0 Å². The number of para-hydroxylation sites is 2. The highest BCUT2D eigenvalue weighted by molar-refractivity contribution is 6.52. The molecular formula is C17H13Cl4NO5. The standard InChI is InChI=1S/C17H13Cl4NO5/c1-25-17(26-2)15(20)7-8(16(17,21)12(19)11(15)18)13(23)22-9-5-3-4-6-10(9)27-14(22)24/h3-6,8H,7H2,1-2H3/t8-,15+,16-/m0/s1. The van der Waals surface area contributed by atoms with Gasteiger partial charge in [0.2, 0.25) is 11.7 Å². The van der Waals surface area contributed by atoms with E-state index in [9.17, 15) is 9.59 Å². The highest BCUT2D eigenvalue weighted by atomic mass is 35.5. The maximum absolute atomic E-state index is 13.4. The molecule has 0 aliphatic heterocycles. The average molecular weight is 453 g/mol. The van der Waals surface area contributed by atoms with Gasteiger partial charge in [-0.15, -0.1) is 23.2 Å². The van der Waals surface area contributed by atoms with E-state index in [-0.39, 0.29) is 22.1 Å². The Labute approximate surface area is 173 Å². The van der Waals surface area contributed by atoms with Crippen LogP contribution < -0.4 is 5.76 Å². The van der Waals surface area contributed by atoms with Crippen LogP contribution in [0.25, 0.3) is 11.1 Å². The maximum Gasteiger partial charge on any atom is 0.426 e. The molecule has 1 aromatic carbocycles. The number of benzene rings is 1. The largest absolute Gasteiger partial charge is 0.426 e. The van der Waals surface area contributed by atoms with E-state index in [0.29, 0.717) is 5.52 Å². The van der Waals surface area contributed by atoms with Crippen LogP contribution in [0, 0.1) is 5.92 Å². The van der Waals surface area contributed by atoms with Crippen molar-refractivity contribution in [2.75, 3.05) is 14.2 Å². The monoisotopic (exact) mass is 451 g/mol. The molecule has 10 heteroatoms. The summed E-state index contributed by atoms with van der Waals surface area (Å²) in [5.41, 5.74) is 0.582. The van der Waals surface area contributed by atoms with Crippen molar-refractivity contribution in [2.45, 2.75) is 22.0 Å². The van der Waals surface area contributed by atoms with Gasteiger partial charge in [-0.3, -0.25) is 4.79 Å². The van der Waals surface area contributed by atoms with E-state index >= 15 is 0 Å². The molecule has 0 unspecified atom stereocenters. The smallest absolute Gasteiger partial charge is 0.407 e. The van der Waals surface area contributed by atoms with E-state index in [1.54, 1.807) is 24.3 Å². The Morgan fingerprint density at radius 3 is 2.41 bits per heavy atom. The summed E-state index contributed by atoms with van der Waals surface area (Å²) in [5, 5.41) is 0.00737. The molecule has 0 spiro atoms. The summed E-state index contributed by atoms with van der Waals surface area (Å²) in [4.78, 5) is 22.5. The van der Waals surface area contributed by atoms with Crippen molar-refractivity contribution in [3.05, 3.63) is 44.9 Å². The molecule has 4 rings (SSSR count). The Morgan fingerprint density at radius 2 is 1.81 bits per heavy atom. The molecule has 0 amide bonds. The van der Waals surface area contributed by atoms with E-state index in [2.05, 4.69) is 0 Å². The van der Waals surface area contributed by atoms with Crippen molar-refractivity contribution < 1.29 is 18.7 Å². The molecule has 0 saturated heterocycles. The number of hydrogen-bond donors (Lipinski definition) is 0. The highest BCUT2D eigenvalue weighted by Gasteiger charge is 2.82. The second-order valence-corrected chi connectivity index (χ2v) is 8.43. The Morgan fingerprint density at radius 1 is 1.19 bits per heavy atom. The van der Waals surface area contributed by atoms with Gasteiger partial charge in [0, 0.05) is 14.2 Å². The molecule has 2 bridgehead atoms. The van der Waals surface area contributed by atoms with Gasteiger partial charge in [0.15, 0.2) is 5.58 Å². The second-order valence-electron chi connectivity index (χ2n) is 6.43. The van der Waals surface area contributed by atoms with Crippen LogP contribution in [0.15, 0.2) is 43.5 Å². The number of hydrogen-bond acceptors (Lipinski definition) is 5. The van der Waals surface area contributed by atoms with Gasteiger partial charge in [0.25, 0.3) is 0 Å². The Kier molecular flexibility index (Phi) is 4.28. The fourth-order valence-corrected chi connectivity index (χ4v) is 6.28. The first-order chi connectivity index (χ1) is 12.7. The summed E-state index contributed by atoms with van der Waals surface area (Å²) < 4.78 is 17.1. The van der Waals surface area contributed by atoms with Gasteiger partial charge in [-0.1, -0.05) is 35.3 Å². The van der Waals surface area contributed by atoms with Gasteiger partial charge in [-0.2, -0.15) is 0 Å². The number of halogens is 4. The first kappa shape index (κ1) is 19.3. The third-order valence-corrected chi connectivity index (χ3v) is 7.99. The van der Waals surface area contributed by atoms with E-state index < -0.39 is 33.1 Å². The number of rotatable bonds is 3. The molecule has 144 valence electrons. The van der Waals surface area contributed by atoms with Gasteiger partial charge >= 0.3 is 5.76 Å². The number of ether oxygens (including phenoxy) is 2. The van der Waals surface area contributed by atoms with Crippen LogP contribution in [-0.4, -0.2) is 40.2 Å². The van der Waals surface area contributed by atoms with Crippen molar-refractivity contribution in [3.8, 4) is 0 Å². The summed E-state index contributed by atoms with van der Waals surface area (Å²) in [7, 11) is 2.67. The van der Waals surface area contributed by atoms with Crippen molar-refractivity contribution in [1.82, 2.24) is 4.57 Å². The van der Waals surface area contributed by atoms with Gasteiger partial charge in [-0.25, -0.2) is 9.36 Å². The van der Waals surface area contributed by atoms with E-state index in [1.807, 2.05) is 0 Å². The molecule has 2 aromatic rings. The molecule has 1 fully saturated rings. The quantitative estimate of drug-likeness (QED) is 0.521. The minimum atomic E-state index is -1.72. The molecule has 1 saturated carbocycles. The third kappa shape index (κ3) is 2.01. The number of nitrogens with zero attached hydrogens (tertiary/aromatic N) is 1. The topological polar surface area (TPSA) is 70.7 Å². The number of alkyl halides is 2. The summed E-state index contributed by atoms with van der Waals surface area (Å²) in [6.07, 6.45) is -0.0421. The van der Waals surface area contributed by atoms with E-state index in [0.717, 1.165) is 4.57 Å².